The summed E-state index contributed by atoms with van der Waals surface area (Å²) in [5.74, 6) is 0.212. The van der Waals surface area contributed by atoms with Crippen LogP contribution in [0.3, 0.4) is 0 Å². The van der Waals surface area contributed by atoms with Crippen LogP contribution in [-0.4, -0.2) is 49.1 Å². The normalized spacial score (nSPS) is 19.3. The van der Waals surface area contributed by atoms with Crippen molar-refractivity contribution in [2.75, 3.05) is 13.7 Å². The predicted molar refractivity (Wildman–Crippen MR) is 130 cm³/mol. The summed E-state index contributed by atoms with van der Waals surface area (Å²) in [7, 11) is 1.43. The van der Waals surface area contributed by atoms with Crippen molar-refractivity contribution in [2.24, 2.45) is 0 Å². The highest BCUT2D eigenvalue weighted by Crippen LogP contribution is 2.39. The van der Waals surface area contributed by atoms with E-state index in [9.17, 15) is 18.4 Å². The predicted octanol–water partition coefficient (Wildman–Crippen LogP) is 4.99. The van der Waals surface area contributed by atoms with Gasteiger partial charge in [-0.25, -0.2) is 13.8 Å². The molecule has 3 unspecified atom stereocenters. The van der Waals surface area contributed by atoms with Crippen molar-refractivity contribution >= 4 is 11.9 Å². The number of rotatable bonds is 9. The largest absolute Gasteiger partial charge is 0.493 e. The fourth-order valence-corrected chi connectivity index (χ4v) is 4.60. The second-order valence-electron chi connectivity index (χ2n) is 8.79. The van der Waals surface area contributed by atoms with Crippen LogP contribution in [0.25, 0.3) is 11.3 Å². The molecule has 37 heavy (non-hydrogen) atoms. The summed E-state index contributed by atoms with van der Waals surface area (Å²) < 4.78 is 46.9. The minimum absolute atomic E-state index is 0.183. The number of hydrogen-bond donors (Lipinski definition) is 1. The average molecular weight is 515 g/mol. The number of oxazole rings is 1. The molecule has 8 nitrogen and oxygen atoms in total. The van der Waals surface area contributed by atoms with Crippen molar-refractivity contribution in [3.63, 3.8) is 0 Å². The van der Waals surface area contributed by atoms with E-state index in [4.69, 9.17) is 18.6 Å². The molecule has 1 saturated carbocycles. The van der Waals surface area contributed by atoms with Crippen LogP contribution < -0.4 is 14.8 Å². The molecule has 1 N–H and O–H groups in total. The van der Waals surface area contributed by atoms with Crippen molar-refractivity contribution in [3.05, 3.63) is 66.2 Å². The Morgan fingerprint density at radius 1 is 1.14 bits per heavy atom. The number of methoxy groups -OCH3 is 1. The summed E-state index contributed by atoms with van der Waals surface area (Å²) in [6.45, 7) is 0.583. The fourth-order valence-electron chi connectivity index (χ4n) is 4.60. The van der Waals surface area contributed by atoms with Crippen LogP contribution in [0.1, 0.15) is 48.0 Å². The monoisotopic (exact) mass is 514 g/mol. The van der Waals surface area contributed by atoms with Crippen LogP contribution in [-0.2, 0) is 9.53 Å². The number of benzene rings is 2. The summed E-state index contributed by atoms with van der Waals surface area (Å²) >= 11 is 0. The lowest BCUT2D eigenvalue weighted by Crippen LogP contribution is -2.44. The highest BCUT2D eigenvalue weighted by atomic mass is 19.3. The molecule has 1 fully saturated rings. The van der Waals surface area contributed by atoms with Gasteiger partial charge in [-0.2, -0.15) is 0 Å². The van der Waals surface area contributed by atoms with Crippen molar-refractivity contribution in [3.8, 4) is 22.8 Å². The van der Waals surface area contributed by atoms with Gasteiger partial charge in [0.2, 0.25) is 0 Å². The highest BCUT2D eigenvalue weighted by Gasteiger charge is 2.34. The van der Waals surface area contributed by atoms with E-state index < -0.39 is 13.0 Å². The van der Waals surface area contributed by atoms with E-state index in [2.05, 4.69) is 10.3 Å². The number of hydrogen-bond acceptors (Lipinski definition) is 7. The van der Waals surface area contributed by atoms with Gasteiger partial charge in [-0.3, -0.25) is 9.59 Å². The third-order valence-corrected chi connectivity index (χ3v) is 6.30. The van der Waals surface area contributed by atoms with Crippen molar-refractivity contribution in [1.82, 2.24) is 10.3 Å². The van der Waals surface area contributed by atoms with Gasteiger partial charge in [0.05, 0.1) is 13.3 Å². The molecule has 1 aromatic heterocycles. The molecule has 0 aliphatic heterocycles. The Bertz CT molecular complexity index is 1200. The van der Waals surface area contributed by atoms with Crippen molar-refractivity contribution in [1.29, 1.82) is 0 Å². The summed E-state index contributed by atoms with van der Waals surface area (Å²) in [5.41, 5.74) is 2.02. The summed E-state index contributed by atoms with van der Waals surface area (Å²) in [6.07, 6.45) is 1.56. The molecule has 4 rings (SSSR count). The van der Waals surface area contributed by atoms with E-state index in [1.165, 1.54) is 20.4 Å². The van der Waals surface area contributed by atoms with Crippen molar-refractivity contribution in [2.45, 2.75) is 50.7 Å². The Balaban J connectivity index is 1.55. The van der Waals surface area contributed by atoms with Gasteiger partial charge in [-0.1, -0.05) is 18.2 Å². The maximum absolute atomic E-state index is 13.1. The smallest absolute Gasteiger partial charge is 0.302 e. The number of aromatic nitrogens is 1. The number of halogens is 2. The first kappa shape index (κ1) is 26.1. The molecule has 10 heteroatoms. The van der Waals surface area contributed by atoms with Crippen molar-refractivity contribution < 1.29 is 37.0 Å². The summed E-state index contributed by atoms with van der Waals surface area (Å²) in [6, 6.07) is 11.8. The Hall–Kier alpha value is -3.95. The van der Waals surface area contributed by atoms with Crippen LogP contribution in [0.4, 0.5) is 8.78 Å². The zero-order chi connectivity index (χ0) is 26.4. The number of carbonyl (C=O) groups excluding carboxylic acids is 2. The van der Waals surface area contributed by atoms with Gasteiger partial charge in [0.1, 0.15) is 12.7 Å². The number of nitrogens with one attached hydrogen (secondary N) is 1. The minimum Gasteiger partial charge on any atom is -0.493 e. The molecule has 0 bridgehead atoms. The lowest BCUT2D eigenvalue weighted by molar-refractivity contribution is -0.148. The molecule has 1 heterocycles. The van der Waals surface area contributed by atoms with E-state index in [1.54, 1.807) is 48.7 Å². The molecule has 0 saturated heterocycles. The Morgan fingerprint density at radius 3 is 2.57 bits per heavy atom. The second kappa shape index (κ2) is 11.9. The van der Waals surface area contributed by atoms with Gasteiger partial charge in [-0.15, -0.1) is 0 Å². The third-order valence-electron chi connectivity index (χ3n) is 6.30. The molecule has 0 spiro atoms. The van der Waals surface area contributed by atoms with Crippen LogP contribution >= 0.6 is 0 Å². The first-order valence-corrected chi connectivity index (χ1v) is 11.9. The molecule has 2 aromatic carbocycles. The highest BCUT2D eigenvalue weighted by molar-refractivity contribution is 5.94. The van der Waals surface area contributed by atoms with Crippen LogP contribution in [0.5, 0.6) is 11.5 Å². The number of esters is 1. The lowest BCUT2D eigenvalue weighted by atomic mass is 9.78. The van der Waals surface area contributed by atoms with Crippen LogP contribution in [0.2, 0.25) is 0 Å². The number of carbonyl (C=O) groups is 2. The molecule has 1 aliphatic carbocycles. The number of nitrogens with zero attached hydrogens (tertiary/aromatic N) is 1. The molecule has 1 aliphatic rings. The quantitative estimate of drug-likeness (QED) is 0.402. The number of ether oxygens (including phenoxy) is 3. The number of amides is 1. The van der Waals surface area contributed by atoms with Gasteiger partial charge in [0, 0.05) is 30.0 Å². The van der Waals surface area contributed by atoms with E-state index >= 15 is 0 Å². The lowest BCUT2D eigenvalue weighted by Gasteiger charge is -2.36. The van der Waals surface area contributed by atoms with E-state index in [-0.39, 0.29) is 35.7 Å². The first-order valence-electron chi connectivity index (χ1n) is 11.9. The molecule has 3 atom stereocenters. The van der Waals surface area contributed by atoms with Crippen LogP contribution in [0, 0.1) is 0 Å². The molecular weight excluding hydrogens is 486 g/mol. The minimum atomic E-state index is -2.64. The van der Waals surface area contributed by atoms with Gasteiger partial charge in [0.15, 0.2) is 23.7 Å². The Kier molecular flexibility index (Phi) is 8.37. The summed E-state index contributed by atoms with van der Waals surface area (Å²) in [5, 5.41) is 3.10. The first-order chi connectivity index (χ1) is 17.8. The molecule has 1 amide bonds. The standard InChI is InChI=1S/C27H28F2N2O6/c1-16(32)37-20-8-9-22(31-27(33)18-5-3-17(4-6-18)25-13-30-15-36-25)21(12-20)19-7-10-23(34-2)24(11-19)35-14-26(28)29/h3-7,10-11,13,15,20-22,26H,8-9,12,14H2,1-2H3,(H,31,33). The average Bonchev–Trinajstić information content (AvgIpc) is 3.43. The van der Waals surface area contributed by atoms with Crippen LogP contribution in [0.15, 0.2) is 59.5 Å². The zero-order valence-electron chi connectivity index (χ0n) is 20.5. The zero-order valence-corrected chi connectivity index (χ0v) is 20.5. The van der Waals surface area contributed by atoms with Gasteiger partial charge in [-0.05, 0) is 49.1 Å². The van der Waals surface area contributed by atoms with Gasteiger partial charge >= 0.3 is 5.97 Å². The molecule has 0 radical (unpaired) electrons. The molecular formula is C27H28F2N2O6. The Labute approximate surface area is 212 Å². The summed E-state index contributed by atoms with van der Waals surface area (Å²) in [4.78, 5) is 28.6. The van der Waals surface area contributed by atoms with E-state index in [1.807, 2.05) is 0 Å². The van der Waals surface area contributed by atoms with E-state index in [0.717, 1.165) is 11.1 Å². The maximum Gasteiger partial charge on any atom is 0.302 e. The second-order valence-corrected chi connectivity index (χ2v) is 8.79. The fraction of sp³-hybridized carbons (Fsp3) is 0.370. The number of alkyl halides is 2. The SMILES string of the molecule is COc1ccc(C2CC(OC(C)=O)CCC2NC(=O)c2ccc(-c3cnco3)cc2)cc1OCC(F)F. The van der Waals surface area contributed by atoms with E-state index in [0.29, 0.717) is 36.3 Å². The Morgan fingerprint density at radius 2 is 1.92 bits per heavy atom. The molecule has 3 aromatic rings. The molecule has 196 valence electrons. The third kappa shape index (κ3) is 6.63. The van der Waals surface area contributed by atoms with Gasteiger partial charge in [0.25, 0.3) is 12.3 Å². The maximum atomic E-state index is 13.1. The topological polar surface area (TPSA) is 99.9 Å². The van der Waals surface area contributed by atoms with Gasteiger partial charge < -0.3 is 23.9 Å².